The quantitative estimate of drug-likeness (QED) is 0.172. The number of nitrogens with two attached hydrogens (primary N) is 1. The van der Waals surface area contributed by atoms with E-state index in [-0.39, 0.29) is 30.5 Å². The fourth-order valence-electron chi connectivity index (χ4n) is 5.04. The minimum Gasteiger partial charge on any atom is -0.508 e. The highest BCUT2D eigenvalue weighted by molar-refractivity contribution is 7.99. The Balaban J connectivity index is 1.37. The number of aliphatic hydroxyl groups is 1. The summed E-state index contributed by atoms with van der Waals surface area (Å²) in [6.07, 6.45) is -1.29. The van der Waals surface area contributed by atoms with E-state index in [0.717, 1.165) is 27.9 Å². The summed E-state index contributed by atoms with van der Waals surface area (Å²) in [4.78, 5) is 0. The highest BCUT2D eigenvalue weighted by Gasteiger charge is 2.42. The summed E-state index contributed by atoms with van der Waals surface area (Å²) in [5, 5.41) is 32.2. The highest BCUT2D eigenvalue weighted by Crippen LogP contribution is 2.48. The Morgan fingerprint density at radius 2 is 1.59 bits per heavy atom. The van der Waals surface area contributed by atoms with Crippen LogP contribution >= 0.6 is 11.8 Å². The lowest BCUT2D eigenvalue weighted by atomic mass is 9.84. The summed E-state index contributed by atoms with van der Waals surface area (Å²) < 4.78 is 15.0. The summed E-state index contributed by atoms with van der Waals surface area (Å²) in [5.41, 5.74) is 11.2. The van der Waals surface area contributed by atoms with E-state index < -0.39 is 6.29 Å². The van der Waals surface area contributed by atoms with Crippen molar-refractivity contribution < 1.29 is 19.7 Å². The lowest BCUT2D eigenvalue weighted by Crippen LogP contribution is -2.38. The van der Waals surface area contributed by atoms with E-state index >= 15 is 0 Å². The number of phenols is 1. The van der Waals surface area contributed by atoms with E-state index in [0.29, 0.717) is 16.6 Å². The molecule has 208 valence electrons. The number of benzene rings is 4. The molecule has 6 rings (SSSR count). The van der Waals surface area contributed by atoms with Gasteiger partial charge in [0.2, 0.25) is 5.16 Å². The third-order valence-corrected chi connectivity index (χ3v) is 8.07. The van der Waals surface area contributed by atoms with Crippen molar-refractivity contribution in [3.8, 4) is 11.4 Å². The number of tetrazole rings is 1. The molecular formula is C31H29N5O4S. The van der Waals surface area contributed by atoms with Crippen LogP contribution in [0.2, 0.25) is 0 Å². The lowest BCUT2D eigenvalue weighted by molar-refractivity contribution is -0.255. The zero-order chi connectivity index (χ0) is 28.2. The van der Waals surface area contributed by atoms with Crippen LogP contribution in [0.3, 0.4) is 0 Å². The molecule has 4 N–H and O–H groups in total. The zero-order valence-corrected chi connectivity index (χ0v) is 22.8. The van der Waals surface area contributed by atoms with Crippen molar-refractivity contribution >= 4 is 17.4 Å². The molecule has 0 radical (unpaired) electrons. The van der Waals surface area contributed by atoms with E-state index in [2.05, 4.69) is 27.7 Å². The predicted molar refractivity (Wildman–Crippen MR) is 155 cm³/mol. The van der Waals surface area contributed by atoms with Crippen LogP contribution < -0.4 is 5.73 Å². The van der Waals surface area contributed by atoms with Crippen molar-refractivity contribution in [1.82, 2.24) is 20.2 Å². The average molecular weight is 568 g/mol. The monoisotopic (exact) mass is 567 g/mol. The van der Waals surface area contributed by atoms with Crippen LogP contribution in [0.25, 0.3) is 5.69 Å². The van der Waals surface area contributed by atoms with Crippen molar-refractivity contribution in [3.05, 3.63) is 125 Å². The maximum atomic E-state index is 9.70. The van der Waals surface area contributed by atoms with E-state index in [1.807, 2.05) is 66.7 Å². The van der Waals surface area contributed by atoms with E-state index in [4.69, 9.17) is 15.2 Å². The van der Waals surface area contributed by atoms with Gasteiger partial charge in [-0.15, -0.1) is 5.10 Å². The molecular weight excluding hydrogens is 538 g/mol. The Hall–Kier alpha value is -4.22. The first-order valence-corrected chi connectivity index (χ1v) is 14.2. The van der Waals surface area contributed by atoms with E-state index in [9.17, 15) is 10.2 Å². The minimum atomic E-state index is -0.653. The number of ether oxygens (including phenoxy) is 2. The number of nitrogens with zero attached hydrogens (tertiary/aromatic N) is 4. The third kappa shape index (κ3) is 5.96. The van der Waals surface area contributed by atoms with Gasteiger partial charge in [-0.05, 0) is 63.5 Å². The summed E-state index contributed by atoms with van der Waals surface area (Å²) in [7, 11) is 0. The first-order valence-electron chi connectivity index (χ1n) is 13.2. The van der Waals surface area contributed by atoms with Gasteiger partial charge in [0.05, 0.1) is 24.5 Å². The molecule has 0 aliphatic carbocycles. The fraction of sp³-hybridized carbons (Fsp3) is 0.194. The number of hydrogen-bond donors (Lipinski definition) is 3. The smallest absolute Gasteiger partial charge is 0.214 e. The van der Waals surface area contributed by atoms with E-state index in [1.54, 1.807) is 28.9 Å². The third-order valence-electron chi connectivity index (χ3n) is 7.07. The number of thioether (sulfide) groups is 1. The van der Waals surface area contributed by atoms with Gasteiger partial charge >= 0.3 is 0 Å². The molecule has 1 aliphatic heterocycles. The van der Waals surface area contributed by atoms with Crippen molar-refractivity contribution in [2.75, 3.05) is 11.5 Å². The van der Waals surface area contributed by atoms with Gasteiger partial charge in [0.15, 0.2) is 6.29 Å². The van der Waals surface area contributed by atoms with Crippen LogP contribution in [-0.2, 0) is 16.1 Å². The number of rotatable bonds is 8. The lowest BCUT2D eigenvalue weighted by Gasteiger charge is -2.43. The molecule has 0 spiro atoms. The van der Waals surface area contributed by atoms with Crippen molar-refractivity contribution in [3.63, 3.8) is 0 Å². The van der Waals surface area contributed by atoms with Crippen LogP contribution in [0.5, 0.6) is 5.75 Å². The second-order valence-corrected chi connectivity index (χ2v) is 10.8. The van der Waals surface area contributed by atoms with Gasteiger partial charge in [0.1, 0.15) is 5.75 Å². The number of anilines is 1. The van der Waals surface area contributed by atoms with Crippen LogP contribution in [0.4, 0.5) is 5.69 Å². The number of aromatic nitrogens is 4. The molecule has 1 aromatic heterocycles. The van der Waals surface area contributed by atoms with Crippen molar-refractivity contribution in [1.29, 1.82) is 0 Å². The Morgan fingerprint density at radius 1 is 0.829 bits per heavy atom. The van der Waals surface area contributed by atoms with Gasteiger partial charge in [-0.25, -0.2) is 0 Å². The Bertz CT molecular complexity index is 1580. The molecule has 2 heterocycles. The Morgan fingerprint density at radius 3 is 2.32 bits per heavy atom. The summed E-state index contributed by atoms with van der Waals surface area (Å²) >= 11 is 1.49. The molecule has 5 aromatic rings. The Labute approximate surface area is 241 Å². The molecule has 0 bridgehead atoms. The maximum absolute atomic E-state index is 9.70. The zero-order valence-electron chi connectivity index (χ0n) is 22.0. The van der Waals surface area contributed by atoms with Gasteiger partial charge in [-0.1, -0.05) is 78.5 Å². The second kappa shape index (κ2) is 12.1. The summed E-state index contributed by atoms with van der Waals surface area (Å²) in [6, 6.07) is 32.3. The number of aromatic hydroxyl groups is 1. The molecule has 9 nitrogen and oxygen atoms in total. The highest BCUT2D eigenvalue weighted by atomic mass is 32.2. The minimum absolute atomic E-state index is 0.0298. The number of aliphatic hydroxyl groups excluding tert-OH is 1. The molecule has 4 aromatic carbocycles. The Kier molecular flexibility index (Phi) is 7.97. The molecule has 0 saturated carbocycles. The first kappa shape index (κ1) is 27.0. The number of nitrogen functional groups attached to an aromatic ring is 1. The molecule has 41 heavy (non-hydrogen) atoms. The number of phenolic OH excluding ortho intramolecular Hbond substituents is 1. The van der Waals surface area contributed by atoms with Crippen LogP contribution in [0.15, 0.2) is 108 Å². The van der Waals surface area contributed by atoms with Crippen LogP contribution in [-0.4, -0.2) is 42.3 Å². The SMILES string of the molecule is Nc1cccc(C2O[C@H](CSc3nnnn3-c3ccc(O)cc3)[C@@H](c3ccccc3)[C@H](c3ccc(CO)cc3)O2)c1. The second-order valence-electron chi connectivity index (χ2n) is 9.77. The van der Waals surface area contributed by atoms with Gasteiger partial charge < -0.3 is 25.4 Å². The largest absolute Gasteiger partial charge is 0.508 e. The number of hydrogen-bond acceptors (Lipinski definition) is 9. The van der Waals surface area contributed by atoms with Gasteiger partial charge in [-0.3, -0.25) is 0 Å². The molecule has 10 heteroatoms. The molecule has 1 aliphatic rings. The molecule has 4 atom stereocenters. The fourth-order valence-corrected chi connectivity index (χ4v) is 6.00. The summed E-state index contributed by atoms with van der Waals surface area (Å²) in [6.45, 7) is -0.0298. The van der Waals surface area contributed by atoms with Crippen LogP contribution in [0.1, 0.15) is 40.6 Å². The maximum Gasteiger partial charge on any atom is 0.214 e. The molecule has 1 fully saturated rings. The van der Waals surface area contributed by atoms with Crippen molar-refractivity contribution in [2.24, 2.45) is 0 Å². The normalized spacial score (nSPS) is 20.6. The summed E-state index contributed by atoms with van der Waals surface area (Å²) in [5.74, 6) is 0.549. The van der Waals surface area contributed by atoms with Gasteiger partial charge in [-0.2, -0.15) is 4.68 Å². The topological polar surface area (TPSA) is 129 Å². The van der Waals surface area contributed by atoms with E-state index in [1.165, 1.54) is 11.8 Å². The predicted octanol–water partition coefficient (Wildman–Crippen LogP) is 5.17. The molecule has 0 amide bonds. The average Bonchev–Trinajstić information content (AvgIpc) is 3.49. The van der Waals surface area contributed by atoms with Crippen LogP contribution in [0, 0.1) is 0 Å². The van der Waals surface area contributed by atoms with Gasteiger partial charge in [0, 0.05) is 22.9 Å². The van der Waals surface area contributed by atoms with Gasteiger partial charge in [0.25, 0.3) is 0 Å². The molecule has 1 saturated heterocycles. The molecule has 1 unspecified atom stereocenters. The first-order chi connectivity index (χ1) is 20.1. The standard InChI is InChI=1S/C31H29N5O4S/c32-24-8-4-7-23(17-24)30-39-27(19-41-31-33-34-35-36(31)25-13-15-26(38)16-14-25)28(21-5-2-1-3-6-21)29(40-30)22-11-9-20(18-37)10-12-22/h1-17,27-30,37-38H,18-19,32H2/t27-,28-,29+,30?/m1/s1. The van der Waals surface area contributed by atoms with Crippen molar-refractivity contribution in [2.45, 2.75) is 36.2 Å².